The number of hydrogen-bond donors (Lipinski definition) is 2. The number of carbonyl (C=O) groups excluding carboxylic acids is 1. The highest BCUT2D eigenvalue weighted by Gasteiger charge is 2.33. The quantitative estimate of drug-likeness (QED) is 0.690. The average molecular weight is 408 g/mol. The summed E-state index contributed by atoms with van der Waals surface area (Å²) in [7, 11) is 1.83. The molecule has 4 rings (SSSR count). The molecule has 1 aliphatic heterocycles. The predicted octanol–water partition coefficient (Wildman–Crippen LogP) is 2.87. The van der Waals surface area contributed by atoms with E-state index in [-0.39, 0.29) is 17.5 Å². The van der Waals surface area contributed by atoms with Gasteiger partial charge < -0.3 is 20.1 Å². The molecule has 0 spiro atoms. The van der Waals surface area contributed by atoms with Gasteiger partial charge in [-0.3, -0.25) is 9.59 Å². The number of nitrogens with zero attached hydrogens (tertiary/aromatic N) is 3. The van der Waals surface area contributed by atoms with Gasteiger partial charge >= 0.3 is 0 Å². The zero-order chi connectivity index (χ0) is 21.1. The van der Waals surface area contributed by atoms with Crippen LogP contribution in [0, 0.1) is 5.92 Å². The summed E-state index contributed by atoms with van der Waals surface area (Å²) in [6.45, 7) is 5.85. The Morgan fingerprint density at radius 1 is 1.37 bits per heavy atom. The molecule has 2 fully saturated rings. The van der Waals surface area contributed by atoms with Gasteiger partial charge in [-0.1, -0.05) is 6.58 Å². The van der Waals surface area contributed by atoms with Gasteiger partial charge in [-0.15, -0.1) is 0 Å². The lowest BCUT2D eigenvalue weighted by Gasteiger charge is -2.40. The van der Waals surface area contributed by atoms with Crippen molar-refractivity contribution in [3.05, 3.63) is 53.6 Å². The molecule has 2 N–H and O–H groups in total. The Hall–Kier alpha value is -3.09. The van der Waals surface area contributed by atoms with E-state index in [1.807, 2.05) is 30.1 Å². The minimum Gasteiger partial charge on any atom is -0.373 e. The molecule has 7 nitrogen and oxygen atoms in total. The van der Waals surface area contributed by atoms with Crippen LogP contribution in [-0.4, -0.2) is 53.5 Å². The third-order valence-corrected chi connectivity index (χ3v) is 6.02. The fourth-order valence-corrected chi connectivity index (χ4v) is 4.16. The molecule has 1 amide bonds. The molecule has 1 saturated heterocycles. The van der Waals surface area contributed by atoms with Crippen LogP contribution in [0.1, 0.15) is 25.7 Å². The van der Waals surface area contributed by atoms with Gasteiger partial charge in [0, 0.05) is 50.7 Å². The molecule has 2 aliphatic rings. The summed E-state index contributed by atoms with van der Waals surface area (Å²) in [5.74, 6) is 1.36. The molecule has 0 radical (unpaired) electrons. The molecule has 1 aliphatic carbocycles. The lowest BCUT2D eigenvalue weighted by Crippen LogP contribution is -2.51. The number of piperidine rings is 1. The van der Waals surface area contributed by atoms with Gasteiger partial charge in [0.2, 0.25) is 5.91 Å². The van der Waals surface area contributed by atoms with E-state index in [0.29, 0.717) is 18.2 Å². The van der Waals surface area contributed by atoms with Crippen LogP contribution in [0.3, 0.4) is 0 Å². The van der Waals surface area contributed by atoms with Crippen molar-refractivity contribution < 1.29 is 4.79 Å². The van der Waals surface area contributed by atoms with Crippen molar-refractivity contribution in [2.75, 3.05) is 36.9 Å². The minimum atomic E-state index is -0.0885. The topological polar surface area (TPSA) is 81.3 Å². The van der Waals surface area contributed by atoms with Crippen molar-refractivity contribution in [3.63, 3.8) is 0 Å². The Balaban J connectivity index is 1.67. The second kappa shape index (κ2) is 8.73. The first-order valence-corrected chi connectivity index (χ1v) is 10.6. The molecular formula is C23H29N5O2. The summed E-state index contributed by atoms with van der Waals surface area (Å²) in [4.78, 5) is 36.3. The van der Waals surface area contributed by atoms with Crippen LogP contribution in [0.15, 0.2) is 48.0 Å². The Bertz CT molecular complexity index is 982. The van der Waals surface area contributed by atoms with Gasteiger partial charge in [0.15, 0.2) is 0 Å². The lowest BCUT2D eigenvalue weighted by molar-refractivity contribution is -0.127. The summed E-state index contributed by atoms with van der Waals surface area (Å²) in [6, 6.07) is 6.01. The van der Waals surface area contributed by atoms with Crippen LogP contribution in [0.5, 0.6) is 0 Å². The zero-order valence-electron chi connectivity index (χ0n) is 17.4. The van der Waals surface area contributed by atoms with Crippen molar-refractivity contribution in [2.24, 2.45) is 5.92 Å². The number of nitrogens with one attached hydrogen (secondary N) is 2. The standard InChI is InChI=1S/C23H29N5O2/c1-3-22(29)27-10-4-5-19(15-27)28(14-16-6-7-16)20-11-18(13-26-23(20)30)17-8-9-25-21(12-17)24-2/h3,8-9,11-13,16,19H,1,4-7,10,14-15H2,2H3,(H,24,25)(H,26,30). The van der Waals surface area contributed by atoms with Crippen LogP contribution in [-0.2, 0) is 4.79 Å². The summed E-state index contributed by atoms with van der Waals surface area (Å²) in [5, 5.41) is 3.05. The number of hydrogen-bond acceptors (Lipinski definition) is 5. The number of H-pyrrole nitrogens is 1. The lowest BCUT2D eigenvalue weighted by atomic mass is 10.0. The molecule has 30 heavy (non-hydrogen) atoms. The summed E-state index contributed by atoms with van der Waals surface area (Å²) in [6.07, 6.45) is 9.19. The smallest absolute Gasteiger partial charge is 0.271 e. The highest BCUT2D eigenvalue weighted by molar-refractivity contribution is 5.87. The van der Waals surface area contributed by atoms with E-state index < -0.39 is 0 Å². The van der Waals surface area contributed by atoms with Gasteiger partial charge in [-0.05, 0) is 61.4 Å². The van der Waals surface area contributed by atoms with Crippen molar-refractivity contribution >= 4 is 17.4 Å². The number of carbonyl (C=O) groups is 1. The summed E-state index contributed by atoms with van der Waals surface area (Å²) in [5.41, 5.74) is 2.53. The van der Waals surface area contributed by atoms with E-state index in [2.05, 4.69) is 26.8 Å². The van der Waals surface area contributed by atoms with Crippen LogP contribution < -0.4 is 15.8 Å². The van der Waals surface area contributed by atoms with E-state index in [4.69, 9.17) is 0 Å². The Kier molecular flexibility index (Phi) is 5.88. The third-order valence-electron chi connectivity index (χ3n) is 6.02. The van der Waals surface area contributed by atoms with E-state index in [1.165, 1.54) is 18.9 Å². The van der Waals surface area contributed by atoms with Crippen molar-refractivity contribution in [2.45, 2.75) is 31.7 Å². The summed E-state index contributed by atoms with van der Waals surface area (Å²) >= 11 is 0. The van der Waals surface area contributed by atoms with Gasteiger partial charge in [-0.2, -0.15) is 0 Å². The largest absolute Gasteiger partial charge is 0.373 e. The highest BCUT2D eigenvalue weighted by atomic mass is 16.2. The molecule has 7 heteroatoms. The van der Waals surface area contributed by atoms with Crippen LogP contribution in [0.4, 0.5) is 11.5 Å². The Morgan fingerprint density at radius 3 is 2.93 bits per heavy atom. The van der Waals surface area contributed by atoms with Gasteiger partial charge in [0.05, 0.1) is 0 Å². The molecule has 0 bridgehead atoms. The van der Waals surface area contributed by atoms with Gasteiger partial charge in [0.1, 0.15) is 11.5 Å². The fourth-order valence-electron chi connectivity index (χ4n) is 4.16. The number of pyridine rings is 2. The number of aromatic nitrogens is 2. The average Bonchev–Trinajstić information content (AvgIpc) is 3.62. The number of amides is 1. The normalized spacial score (nSPS) is 18.7. The number of anilines is 2. The summed E-state index contributed by atoms with van der Waals surface area (Å²) < 4.78 is 0. The Morgan fingerprint density at radius 2 is 2.20 bits per heavy atom. The van der Waals surface area contributed by atoms with Crippen LogP contribution in [0.2, 0.25) is 0 Å². The number of rotatable bonds is 7. The van der Waals surface area contributed by atoms with Crippen molar-refractivity contribution in [3.8, 4) is 11.1 Å². The SMILES string of the molecule is C=CC(=O)N1CCCC(N(CC2CC2)c2cc(-c3ccnc(NC)c3)c[nH]c2=O)C1. The van der Waals surface area contributed by atoms with E-state index >= 15 is 0 Å². The molecule has 3 heterocycles. The molecule has 1 unspecified atom stereocenters. The molecular weight excluding hydrogens is 378 g/mol. The van der Waals surface area contributed by atoms with Crippen molar-refractivity contribution in [1.29, 1.82) is 0 Å². The third kappa shape index (κ3) is 4.40. The van der Waals surface area contributed by atoms with E-state index in [1.54, 1.807) is 12.4 Å². The van der Waals surface area contributed by atoms with E-state index in [9.17, 15) is 9.59 Å². The molecule has 0 aromatic carbocycles. The van der Waals surface area contributed by atoms with Crippen molar-refractivity contribution in [1.82, 2.24) is 14.9 Å². The van der Waals surface area contributed by atoms with E-state index in [0.717, 1.165) is 42.9 Å². The maximum atomic E-state index is 12.9. The number of aromatic amines is 1. The van der Waals surface area contributed by atoms with Crippen LogP contribution in [0.25, 0.3) is 11.1 Å². The number of likely N-dealkylation sites (tertiary alicyclic amines) is 1. The first-order valence-electron chi connectivity index (χ1n) is 10.6. The maximum absolute atomic E-state index is 12.9. The molecule has 1 atom stereocenters. The van der Waals surface area contributed by atoms with Gasteiger partial charge in [0.25, 0.3) is 5.56 Å². The minimum absolute atomic E-state index is 0.0369. The molecule has 2 aromatic rings. The first-order chi connectivity index (χ1) is 14.6. The van der Waals surface area contributed by atoms with Gasteiger partial charge in [-0.25, -0.2) is 4.98 Å². The molecule has 2 aromatic heterocycles. The highest BCUT2D eigenvalue weighted by Crippen LogP contribution is 2.34. The van der Waals surface area contributed by atoms with Crippen LogP contribution >= 0.6 is 0 Å². The Labute approximate surface area is 176 Å². The zero-order valence-corrected chi connectivity index (χ0v) is 17.4. The second-order valence-electron chi connectivity index (χ2n) is 8.16. The fraction of sp³-hybridized carbons (Fsp3) is 0.435. The molecule has 1 saturated carbocycles. The molecule has 158 valence electrons. The predicted molar refractivity (Wildman–Crippen MR) is 120 cm³/mol. The first kappa shape index (κ1) is 20.2. The second-order valence-corrected chi connectivity index (χ2v) is 8.16. The maximum Gasteiger partial charge on any atom is 0.271 e. The monoisotopic (exact) mass is 407 g/mol.